The molecule has 26 heavy (non-hydrogen) atoms. The summed E-state index contributed by atoms with van der Waals surface area (Å²) in [6.45, 7) is 0. The van der Waals surface area contributed by atoms with Gasteiger partial charge in [0, 0.05) is 11.3 Å². The molecule has 0 bridgehead atoms. The molecule has 1 nitrogen and oxygen atoms in total. The second-order valence-corrected chi connectivity index (χ2v) is 6.19. The molecule has 124 valence electrons. The molecule has 0 aliphatic heterocycles. The third kappa shape index (κ3) is 3.77. The number of nitrogens with one attached hydrogen (secondary N) is 1. The van der Waals surface area contributed by atoms with Crippen molar-refractivity contribution in [3.05, 3.63) is 114 Å². The lowest BCUT2D eigenvalue weighted by Gasteiger charge is -2.16. The summed E-state index contributed by atoms with van der Waals surface area (Å²) in [6, 6.07) is 35.2. The van der Waals surface area contributed by atoms with Crippen LogP contribution in [0.25, 0.3) is 10.8 Å². The van der Waals surface area contributed by atoms with E-state index in [1.165, 1.54) is 10.8 Å². The Morgan fingerprint density at radius 2 is 1.27 bits per heavy atom. The molecule has 0 aromatic heterocycles. The fraction of sp³-hybridized carbons (Fsp3) is 0.0400. The molecule has 1 N–H and O–H groups in total. The van der Waals surface area contributed by atoms with Crippen LogP contribution in [0.5, 0.6) is 0 Å². The van der Waals surface area contributed by atoms with E-state index >= 15 is 0 Å². The van der Waals surface area contributed by atoms with E-state index in [0.29, 0.717) is 0 Å². The summed E-state index contributed by atoms with van der Waals surface area (Å²) in [4.78, 5) is 0. The van der Waals surface area contributed by atoms with Crippen LogP contribution in [0.4, 0.5) is 5.69 Å². The monoisotopic (exact) mass is 333 g/mol. The molecule has 0 amide bonds. The first kappa shape index (κ1) is 16.0. The normalized spacial score (nSPS) is 11.4. The van der Waals surface area contributed by atoms with Crippen LogP contribution >= 0.6 is 0 Å². The molecule has 0 aliphatic rings. The maximum Gasteiger partial charge on any atom is 0.114 e. The third-order valence-corrected chi connectivity index (χ3v) is 4.33. The van der Waals surface area contributed by atoms with Crippen LogP contribution in [0.15, 0.2) is 103 Å². The van der Waals surface area contributed by atoms with Crippen LogP contribution in [0, 0.1) is 11.8 Å². The van der Waals surface area contributed by atoms with Crippen molar-refractivity contribution in [1.29, 1.82) is 0 Å². The molecule has 0 fully saturated rings. The molecule has 0 aliphatic carbocycles. The summed E-state index contributed by atoms with van der Waals surface area (Å²) in [5.41, 5.74) is 3.25. The highest BCUT2D eigenvalue weighted by atomic mass is 14.9. The van der Waals surface area contributed by atoms with Gasteiger partial charge < -0.3 is 5.32 Å². The fourth-order valence-electron chi connectivity index (χ4n) is 2.97. The number of benzene rings is 4. The number of fused-ring (bicyclic) bond motifs is 1. The van der Waals surface area contributed by atoms with E-state index in [9.17, 15) is 0 Å². The Bertz CT molecular complexity index is 1060. The number of anilines is 1. The molecular weight excluding hydrogens is 314 g/mol. The highest BCUT2D eigenvalue weighted by Crippen LogP contribution is 2.23. The van der Waals surface area contributed by atoms with E-state index in [1.54, 1.807) is 0 Å². The Morgan fingerprint density at radius 3 is 2.04 bits per heavy atom. The maximum absolute atomic E-state index is 3.56. The molecule has 0 unspecified atom stereocenters. The quantitative estimate of drug-likeness (QED) is 0.450. The minimum absolute atomic E-state index is 0.0813. The summed E-state index contributed by atoms with van der Waals surface area (Å²) >= 11 is 0. The molecule has 1 atom stereocenters. The van der Waals surface area contributed by atoms with Crippen LogP contribution in [-0.2, 0) is 0 Å². The van der Waals surface area contributed by atoms with E-state index in [4.69, 9.17) is 0 Å². The van der Waals surface area contributed by atoms with E-state index < -0.39 is 0 Å². The Labute approximate surface area is 154 Å². The van der Waals surface area contributed by atoms with Crippen molar-refractivity contribution in [2.45, 2.75) is 6.04 Å². The average Bonchev–Trinajstić information content (AvgIpc) is 2.72. The third-order valence-electron chi connectivity index (χ3n) is 4.33. The van der Waals surface area contributed by atoms with Gasteiger partial charge in [0.15, 0.2) is 0 Å². The minimum atomic E-state index is -0.0813. The van der Waals surface area contributed by atoms with Crippen molar-refractivity contribution in [3.8, 4) is 11.8 Å². The Morgan fingerprint density at radius 1 is 0.615 bits per heavy atom. The van der Waals surface area contributed by atoms with Crippen LogP contribution < -0.4 is 5.32 Å². The lowest BCUT2D eigenvalue weighted by molar-refractivity contribution is 1.02. The largest absolute Gasteiger partial charge is 0.368 e. The predicted octanol–water partition coefficient (Wildman–Crippen LogP) is 6.04. The smallest absolute Gasteiger partial charge is 0.114 e. The van der Waals surface area contributed by atoms with Crippen LogP contribution in [-0.4, -0.2) is 0 Å². The predicted molar refractivity (Wildman–Crippen MR) is 110 cm³/mol. The van der Waals surface area contributed by atoms with Crippen LogP contribution in [0.3, 0.4) is 0 Å². The first-order valence-electron chi connectivity index (χ1n) is 8.75. The van der Waals surface area contributed by atoms with Crippen molar-refractivity contribution in [1.82, 2.24) is 0 Å². The molecule has 1 heteroatoms. The van der Waals surface area contributed by atoms with E-state index in [1.807, 2.05) is 48.5 Å². The van der Waals surface area contributed by atoms with Crippen molar-refractivity contribution in [2.75, 3.05) is 5.32 Å². The van der Waals surface area contributed by atoms with Gasteiger partial charge in [0.25, 0.3) is 0 Å². The van der Waals surface area contributed by atoms with Crippen molar-refractivity contribution in [3.63, 3.8) is 0 Å². The van der Waals surface area contributed by atoms with E-state index in [-0.39, 0.29) is 6.04 Å². The minimum Gasteiger partial charge on any atom is -0.368 e. The average molecular weight is 333 g/mol. The SMILES string of the molecule is C(#C[C@@H](Nc1ccccc1)c1ccc2ccccc2c1)c1ccccc1. The fourth-order valence-corrected chi connectivity index (χ4v) is 2.97. The number of para-hydroxylation sites is 1. The first-order valence-corrected chi connectivity index (χ1v) is 8.75. The van der Waals surface area contributed by atoms with Crippen molar-refractivity contribution in [2.24, 2.45) is 0 Å². The van der Waals surface area contributed by atoms with E-state index in [2.05, 4.69) is 71.8 Å². The zero-order chi connectivity index (χ0) is 17.6. The van der Waals surface area contributed by atoms with Gasteiger partial charge in [0.1, 0.15) is 6.04 Å². The molecule has 4 aromatic carbocycles. The maximum atomic E-state index is 3.56. The molecule has 4 aromatic rings. The summed E-state index contributed by atoms with van der Waals surface area (Å²) in [5.74, 6) is 6.70. The van der Waals surface area contributed by atoms with Crippen LogP contribution in [0.1, 0.15) is 17.2 Å². The number of rotatable bonds is 3. The zero-order valence-corrected chi connectivity index (χ0v) is 14.4. The van der Waals surface area contributed by atoms with Gasteiger partial charge in [-0.05, 0) is 46.7 Å². The van der Waals surface area contributed by atoms with Gasteiger partial charge in [-0.2, -0.15) is 0 Å². The van der Waals surface area contributed by atoms with Gasteiger partial charge in [-0.15, -0.1) is 0 Å². The number of hydrogen-bond acceptors (Lipinski definition) is 1. The van der Waals surface area contributed by atoms with Gasteiger partial charge in [0.05, 0.1) is 0 Å². The Balaban J connectivity index is 1.72. The second-order valence-electron chi connectivity index (χ2n) is 6.19. The Kier molecular flexibility index (Phi) is 4.67. The van der Waals surface area contributed by atoms with Gasteiger partial charge in [-0.25, -0.2) is 0 Å². The Hall–Kier alpha value is -3.50. The highest BCUT2D eigenvalue weighted by molar-refractivity contribution is 5.83. The van der Waals surface area contributed by atoms with Gasteiger partial charge in [-0.1, -0.05) is 84.6 Å². The lowest BCUT2D eigenvalue weighted by atomic mass is 10.0. The summed E-state index contributed by atoms with van der Waals surface area (Å²) in [5, 5.41) is 6.03. The topological polar surface area (TPSA) is 12.0 Å². The molecule has 0 spiro atoms. The van der Waals surface area contributed by atoms with Gasteiger partial charge in [-0.3, -0.25) is 0 Å². The summed E-state index contributed by atoms with van der Waals surface area (Å²) in [6.07, 6.45) is 0. The molecule has 0 radical (unpaired) electrons. The molecule has 0 saturated carbocycles. The zero-order valence-electron chi connectivity index (χ0n) is 14.4. The molecule has 4 rings (SSSR count). The van der Waals surface area contributed by atoms with Gasteiger partial charge >= 0.3 is 0 Å². The van der Waals surface area contributed by atoms with Gasteiger partial charge in [0.2, 0.25) is 0 Å². The second kappa shape index (κ2) is 7.59. The summed E-state index contributed by atoms with van der Waals surface area (Å²) in [7, 11) is 0. The van der Waals surface area contributed by atoms with Crippen molar-refractivity contribution < 1.29 is 0 Å². The number of hydrogen-bond donors (Lipinski definition) is 1. The first-order chi connectivity index (χ1) is 12.9. The standard InChI is InChI=1S/C25H19N/c1-3-9-20(10-4-1)15-18-25(26-24-13-5-2-6-14-24)23-17-16-21-11-7-8-12-22(21)19-23/h1-14,16-17,19,25-26H/t25-/m1/s1. The van der Waals surface area contributed by atoms with E-state index in [0.717, 1.165) is 16.8 Å². The van der Waals surface area contributed by atoms with Crippen molar-refractivity contribution >= 4 is 16.5 Å². The molecule has 0 saturated heterocycles. The molecular formula is C25H19N. The van der Waals surface area contributed by atoms with Crippen LogP contribution in [0.2, 0.25) is 0 Å². The lowest BCUT2D eigenvalue weighted by Crippen LogP contribution is -2.08. The highest BCUT2D eigenvalue weighted by Gasteiger charge is 2.09. The summed E-state index contributed by atoms with van der Waals surface area (Å²) < 4.78 is 0. The molecule has 0 heterocycles.